The van der Waals surface area contributed by atoms with Crippen molar-refractivity contribution in [3.8, 4) is 0 Å². The summed E-state index contributed by atoms with van der Waals surface area (Å²) < 4.78 is 4.99. The molecule has 12 heavy (non-hydrogen) atoms. The summed E-state index contributed by atoms with van der Waals surface area (Å²) in [7, 11) is 0. The van der Waals surface area contributed by atoms with Crippen LogP contribution in [0.3, 0.4) is 0 Å². The smallest absolute Gasteiger partial charge is 0.133 e. The van der Waals surface area contributed by atoms with Crippen molar-refractivity contribution in [1.29, 1.82) is 0 Å². The first-order valence-electron chi connectivity index (χ1n) is 3.21. The number of aromatic nitrogens is 4. The quantitative estimate of drug-likeness (QED) is 0.588. The fraction of sp³-hybridized carbons (Fsp3) is 0. The third-order valence-corrected chi connectivity index (χ3v) is 1.16. The lowest BCUT2D eigenvalue weighted by atomic mass is 10.5. The molecule has 0 aliphatic carbocycles. The Hall–Kier alpha value is -1.98. The van der Waals surface area contributed by atoms with Gasteiger partial charge in [-0.1, -0.05) is 0 Å². The fourth-order valence-electron chi connectivity index (χ4n) is 0.678. The van der Waals surface area contributed by atoms with Gasteiger partial charge in [0.15, 0.2) is 0 Å². The summed E-state index contributed by atoms with van der Waals surface area (Å²) in [6, 6.07) is 3.54. The van der Waals surface area contributed by atoms with Gasteiger partial charge in [-0.3, -0.25) is 5.10 Å². The molecule has 0 atom stereocenters. The summed E-state index contributed by atoms with van der Waals surface area (Å²) >= 11 is 0. The molecule has 0 saturated heterocycles. The molecule has 0 spiro atoms. The van der Waals surface area contributed by atoms with E-state index >= 15 is 0 Å². The van der Waals surface area contributed by atoms with Crippen molar-refractivity contribution in [2.45, 2.75) is 0 Å². The highest BCUT2D eigenvalue weighted by Crippen LogP contribution is 1.99. The van der Waals surface area contributed by atoms with Crippen LogP contribution in [-0.2, 0) is 0 Å². The van der Waals surface area contributed by atoms with Crippen molar-refractivity contribution in [1.82, 2.24) is 20.6 Å². The highest BCUT2D eigenvalue weighted by Gasteiger charge is 1.85. The first-order valence-corrected chi connectivity index (χ1v) is 3.21. The molecular formula is C6H4N5O-. The topological polar surface area (TPSA) is 78.3 Å². The van der Waals surface area contributed by atoms with Gasteiger partial charge < -0.3 is 9.41 Å². The van der Waals surface area contributed by atoms with Gasteiger partial charge in [-0.05, 0) is 12.1 Å². The molecule has 6 nitrogen and oxygen atoms in total. The molecule has 2 rings (SSSR count). The lowest BCUT2D eigenvalue weighted by Crippen LogP contribution is -1.76. The second kappa shape index (κ2) is 2.95. The van der Waals surface area contributed by atoms with Crippen LogP contribution in [0.2, 0.25) is 0 Å². The van der Waals surface area contributed by atoms with Crippen molar-refractivity contribution >= 4 is 12.2 Å². The van der Waals surface area contributed by atoms with Gasteiger partial charge >= 0.3 is 0 Å². The number of furan rings is 1. The molecule has 60 valence electrons. The second-order valence-electron chi connectivity index (χ2n) is 1.95. The fourth-order valence-corrected chi connectivity index (χ4v) is 0.678. The predicted octanol–water partition coefficient (Wildman–Crippen LogP) is 0.172. The molecular weight excluding hydrogens is 158 g/mol. The number of rotatable bonds is 2. The molecule has 2 aromatic heterocycles. The van der Waals surface area contributed by atoms with E-state index in [4.69, 9.17) is 4.42 Å². The van der Waals surface area contributed by atoms with Crippen LogP contribution < -0.4 is 5.10 Å². The summed E-state index contributed by atoms with van der Waals surface area (Å²) in [6.45, 7) is 0. The van der Waals surface area contributed by atoms with E-state index in [9.17, 15) is 0 Å². The maximum Gasteiger partial charge on any atom is 0.133 e. The van der Waals surface area contributed by atoms with Gasteiger partial charge in [0.2, 0.25) is 0 Å². The zero-order chi connectivity index (χ0) is 8.23. The monoisotopic (exact) mass is 162 g/mol. The van der Waals surface area contributed by atoms with Crippen LogP contribution >= 0.6 is 0 Å². The van der Waals surface area contributed by atoms with E-state index in [1.54, 1.807) is 18.4 Å². The van der Waals surface area contributed by atoms with Gasteiger partial charge in [0.25, 0.3) is 0 Å². The normalized spacial score (nSPS) is 11.0. The molecule has 0 radical (unpaired) electrons. The number of hydrogen-bond acceptors (Lipinski definition) is 5. The molecule has 0 aliphatic heterocycles. The Labute approximate surface area is 67.3 Å². The van der Waals surface area contributed by atoms with Crippen LogP contribution in [0.1, 0.15) is 5.76 Å². The molecule has 0 amide bonds. The van der Waals surface area contributed by atoms with E-state index in [1.165, 1.54) is 6.21 Å². The molecule has 0 bridgehead atoms. The zero-order valence-electron chi connectivity index (χ0n) is 5.95. The van der Waals surface area contributed by atoms with Crippen LogP contribution in [0.4, 0.5) is 5.95 Å². The van der Waals surface area contributed by atoms with Crippen molar-refractivity contribution in [3.05, 3.63) is 24.2 Å². The largest absolute Gasteiger partial charge is 0.464 e. The molecule has 0 fully saturated rings. The highest BCUT2D eigenvalue weighted by atomic mass is 16.3. The Morgan fingerprint density at radius 1 is 1.58 bits per heavy atom. The van der Waals surface area contributed by atoms with Gasteiger partial charge in [-0.25, -0.2) is 5.10 Å². The summed E-state index contributed by atoms with van der Waals surface area (Å²) in [5.74, 6) is 0.867. The maximum atomic E-state index is 4.99. The van der Waals surface area contributed by atoms with Crippen molar-refractivity contribution in [3.63, 3.8) is 0 Å². The van der Waals surface area contributed by atoms with Crippen LogP contribution in [0.15, 0.2) is 27.8 Å². The Kier molecular flexibility index (Phi) is 1.65. The maximum absolute atomic E-state index is 4.99. The van der Waals surface area contributed by atoms with Gasteiger partial charge in [0, 0.05) is 6.21 Å². The Bertz CT molecular complexity index is 313. The molecule has 6 heteroatoms. The van der Waals surface area contributed by atoms with Crippen LogP contribution in [-0.4, -0.2) is 21.7 Å². The third kappa shape index (κ3) is 1.36. The minimum absolute atomic E-state index is 0.228. The van der Waals surface area contributed by atoms with Gasteiger partial charge in [-0.2, -0.15) is 5.21 Å². The highest BCUT2D eigenvalue weighted by molar-refractivity contribution is 5.77. The Balaban J connectivity index is 2.14. The summed E-state index contributed by atoms with van der Waals surface area (Å²) in [5, 5.41) is 13.5. The minimum Gasteiger partial charge on any atom is -0.464 e. The summed E-state index contributed by atoms with van der Waals surface area (Å²) in [4.78, 5) is 3.84. The van der Waals surface area contributed by atoms with Gasteiger partial charge in [0.1, 0.15) is 11.7 Å². The Morgan fingerprint density at radius 2 is 2.58 bits per heavy atom. The van der Waals surface area contributed by atoms with Crippen molar-refractivity contribution in [2.24, 2.45) is 4.99 Å². The molecule has 2 aromatic rings. The van der Waals surface area contributed by atoms with Crippen LogP contribution in [0.25, 0.3) is 0 Å². The number of nitrogens with zero attached hydrogens (tertiary/aromatic N) is 5. The first kappa shape index (κ1) is 6.71. The molecule has 0 unspecified atom stereocenters. The molecule has 0 aromatic carbocycles. The van der Waals surface area contributed by atoms with Gasteiger partial charge in [-0.15, -0.1) is 5.21 Å². The lowest BCUT2D eigenvalue weighted by molar-refractivity contribution is 0.560. The predicted molar refractivity (Wildman–Crippen MR) is 39.1 cm³/mol. The lowest BCUT2D eigenvalue weighted by Gasteiger charge is -1.87. The molecule has 0 N–H and O–H groups in total. The number of hydrogen-bond donors (Lipinski definition) is 0. The van der Waals surface area contributed by atoms with Crippen molar-refractivity contribution < 1.29 is 4.42 Å². The average Bonchev–Trinajstić information content (AvgIpc) is 2.74. The van der Waals surface area contributed by atoms with E-state index in [1.807, 2.05) is 0 Å². The van der Waals surface area contributed by atoms with E-state index in [2.05, 4.69) is 25.6 Å². The van der Waals surface area contributed by atoms with Crippen LogP contribution in [0, 0.1) is 0 Å². The van der Waals surface area contributed by atoms with E-state index < -0.39 is 0 Å². The second-order valence-corrected chi connectivity index (χ2v) is 1.95. The standard InChI is InChI=1S/C6H4N5O/c1-2-5(12-3-1)4-7-6-8-10-11-9-6/h1-4H/q-1. The molecule has 0 saturated carbocycles. The van der Waals surface area contributed by atoms with E-state index in [0.717, 1.165) is 0 Å². The molecule has 0 aliphatic rings. The summed E-state index contributed by atoms with van der Waals surface area (Å²) in [5.41, 5.74) is 0. The minimum atomic E-state index is 0.228. The molecule has 2 heterocycles. The van der Waals surface area contributed by atoms with Crippen LogP contribution in [0.5, 0.6) is 0 Å². The number of aliphatic imine (C=N–C) groups is 1. The van der Waals surface area contributed by atoms with E-state index in [0.29, 0.717) is 5.76 Å². The van der Waals surface area contributed by atoms with Crippen molar-refractivity contribution in [2.75, 3.05) is 0 Å². The zero-order valence-corrected chi connectivity index (χ0v) is 5.95. The SMILES string of the molecule is C(=Nc1nnn[n-]1)c1ccco1. The number of tetrazole rings is 1. The summed E-state index contributed by atoms with van der Waals surface area (Å²) in [6.07, 6.45) is 3.06. The van der Waals surface area contributed by atoms with Gasteiger partial charge in [0.05, 0.1) is 6.26 Å². The Morgan fingerprint density at radius 3 is 3.25 bits per heavy atom. The average molecular weight is 162 g/mol. The third-order valence-electron chi connectivity index (χ3n) is 1.16. The first-order chi connectivity index (χ1) is 5.95. The van der Waals surface area contributed by atoms with E-state index in [-0.39, 0.29) is 5.95 Å².